The summed E-state index contributed by atoms with van der Waals surface area (Å²) in [6.45, 7) is 0.574. The van der Waals surface area contributed by atoms with Crippen LogP contribution in [0.1, 0.15) is 24.4 Å². The maximum absolute atomic E-state index is 11.8. The number of carbonyl (C=O) groups excluding carboxylic acids is 1. The van der Waals surface area contributed by atoms with Crippen molar-refractivity contribution in [3.05, 3.63) is 33.8 Å². The quantitative estimate of drug-likeness (QED) is 0.794. The van der Waals surface area contributed by atoms with Crippen LogP contribution >= 0.6 is 23.2 Å². The van der Waals surface area contributed by atoms with E-state index in [-0.39, 0.29) is 17.9 Å². The molecule has 0 bridgehead atoms. The van der Waals surface area contributed by atoms with E-state index < -0.39 is 0 Å². The van der Waals surface area contributed by atoms with Crippen molar-refractivity contribution in [2.75, 3.05) is 6.54 Å². The van der Waals surface area contributed by atoms with Crippen molar-refractivity contribution < 1.29 is 4.79 Å². The molecule has 4 N–H and O–H groups in total. The molecule has 0 aliphatic carbocycles. The molecule has 0 aromatic heterocycles. The summed E-state index contributed by atoms with van der Waals surface area (Å²) in [6.07, 6.45) is 1.54. The molecule has 2 unspecified atom stereocenters. The predicted molar refractivity (Wildman–Crippen MR) is 72.3 cm³/mol. The second kappa shape index (κ2) is 5.89. The predicted octanol–water partition coefficient (Wildman–Crippen LogP) is 2.02. The zero-order chi connectivity index (χ0) is 13.1. The molecule has 4 nitrogen and oxygen atoms in total. The Morgan fingerprint density at radius 1 is 1.33 bits per heavy atom. The van der Waals surface area contributed by atoms with E-state index in [0.717, 1.165) is 18.4 Å². The van der Waals surface area contributed by atoms with E-state index >= 15 is 0 Å². The van der Waals surface area contributed by atoms with Crippen LogP contribution in [0.4, 0.5) is 0 Å². The number of hydrogen-bond acceptors (Lipinski definition) is 3. The fourth-order valence-electron chi connectivity index (χ4n) is 2.18. The number of rotatable bonds is 4. The highest BCUT2D eigenvalue weighted by Gasteiger charge is 2.35. The molecule has 1 aromatic rings. The van der Waals surface area contributed by atoms with Gasteiger partial charge in [-0.15, -0.1) is 0 Å². The fourth-order valence-corrected chi connectivity index (χ4v) is 2.70. The summed E-state index contributed by atoms with van der Waals surface area (Å²) in [7, 11) is 0. The Bertz CT molecular complexity index is 453. The number of hydrazine groups is 1. The Kier molecular flexibility index (Phi) is 4.45. The number of amides is 1. The molecule has 0 spiro atoms. The maximum Gasteiger partial charge on any atom is 0.239 e. The number of nitrogens with two attached hydrogens (primary N) is 1. The topological polar surface area (TPSA) is 67.2 Å². The maximum atomic E-state index is 11.8. The van der Waals surface area contributed by atoms with Gasteiger partial charge in [0.05, 0.1) is 12.0 Å². The van der Waals surface area contributed by atoms with E-state index in [0.29, 0.717) is 16.6 Å². The highest BCUT2D eigenvalue weighted by molar-refractivity contribution is 6.35. The summed E-state index contributed by atoms with van der Waals surface area (Å²) in [5, 5.41) is 1.15. The van der Waals surface area contributed by atoms with E-state index in [9.17, 15) is 4.79 Å². The molecular weight excluding hydrogens is 273 g/mol. The van der Waals surface area contributed by atoms with Crippen molar-refractivity contribution in [2.45, 2.75) is 18.9 Å². The molecule has 1 aliphatic heterocycles. The highest BCUT2D eigenvalue weighted by atomic mass is 35.5. The second-order valence-corrected chi connectivity index (χ2v) is 5.16. The van der Waals surface area contributed by atoms with Crippen molar-refractivity contribution in [1.82, 2.24) is 10.9 Å². The van der Waals surface area contributed by atoms with E-state index in [2.05, 4.69) is 10.9 Å². The summed E-state index contributed by atoms with van der Waals surface area (Å²) in [4.78, 5) is 11.8. The van der Waals surface area contributed by atoms with Crippen LogP contribution in [0.3, 0.4) is 0 Å². The summed E-state index contributed by atoms with van der Waals surface area (Å²) in [5.41, 5.74) is 12.0. The van der Waals surface area contributed by atoms with E-state index in [1.54, 1.807) is 12.1 Å². The first-order valence-electron chi connectivity index (χ1n) is 5.84. The Morgan fingerprint density at radius 2 is 2.11 bits per heavy atom. The van der Waals surface area contributed by atoms with Gasteiger partial charge in [0, 0.05) is 10.0 Å². The van der Waals surface area contributed by atoms with Crippen LogP contribution in [0.15, 0.2) is 18.2 Å². The van der Waals surface area contributed by atoms with Gasteiger partial charge < -0.3 is 5.73 Å². The molecular formula is C12H15Cl2N3O. The number of nitrogens with one attached hydrogen (secondary N) is 2. The molecule has 1 heterocycles. The van der Waals surface area contributed by atoms with Crippen LogP contribution in [0.5, 0.6) is 0 Å². The molecule has 1 aromatic carbocycles. The largest absolute Gasteiger partial charge is 0.330 e. The highest BCUT2D eigenvalue weighted by Crippen LogP contribution is 2.34. The second-order valence-electron chi connectivity index (χ2n) is 4.31. The zero-order valence-corrected chi connectivity index (χ0v) is 11.3. The third-order valence-corrected chi connectivity index (χ3v) is 3.67. The number of hydrogen-bond donors (Lipinski definition) is 3. The lowest BCUT2D eigenvalue weighted by atomic mass is 9.90. The average Bonchev–Trinajstić information content (AvgIpc) is 2.68. The smallest absolute Gasteiger partial charge is 0.239 e. The van der Waals surface area contributed by atoms with Crippen molar-refractivity contribution >= 4 is 29.1 Å². The molecule has 1 fully saturated rings. The first-order chi connectivity index (χ1) is 8.63. The van der Waals surface area contributed by atoms with Crippen molar-refractivity contribution in [3.63, 3.8) is 0 Å². The Labute approximate surface area is 116 Å². The first-order valence-corrected chi connectivity index (χ1v) is 6.59. The lowest BCUT2D eigenvalue weighted by molar-refractivity contribution is -0.123. The number of carbonyl (C=O) groups is 1. The molecule has 2 atom stereocenters. The van der Waals surface area contributed by atoms with E-state index in [1.807, 2.05) is 6.07 Å². The standard InChI is InChI=1S/C12H15Cl2N3O/c13-7-3-4-8(10(14)6-7)11-9(2-1-5-15)12(18)17-16-11/h3-4,6,9,11,16H,1-2,5,15H2,(H,17,18). The monoisotopic (exact) mass is 287 g/mol. The van der Waals surface area contributed by atoms with Gasteiger partial charge in [-0.25, -0.2) is 5.43 Å². The Balaban J connectivity index is 2.22. The molecule has 1 aliphatic rings. The van der Waals surface area contributed by atoms with Crippen LogP contribution in [0.25, 0.3) is 0 Å². The van der Waals surface area contributed by atoms with Gasteiger partial charge in [-0.05, 0) is 37.1 Å². The molecule has 0 radical (unpaired) electrons. The fraction of sp³-hybridized carbons (Fsp3) is 0.417. The summed E-state index contributed by atoms with van der Waals surface area (Å²) in [6, 6.07) is 5.17. The van der Waals surface area contributed by atoms with Gasteiger partial charge in [0.1, 0.15) is 0 Å². The lowest BCUT2D eigenvalue weighted by Gasteiger charge is -2.18. The van der Waals surface area contributed by atoms with Crippen LogP contribution in [-0.4, -0.2) is 12.5 Å². The molecule has 1 amide bonds. The number of benzene rings is 1. The third kappa shape index (κ3) is 2.78. The molecule has 18 heavy (non-hydrogen) atoms. The van der Waals surface area contributed by atoms with Crippen molar-refractivity contribution in [2.24, 2.45) is 11.7 Å². The summed E-state index contributed by atoms with van der Waals surface area (Å²) in [5.74, 6) is -0.160. The van der Waals surface area contributed by atoms with Crippen LogP contribution < -0.4 is 16.6 Å². The van der Waals surface area contributed by atoms with Gasteiger partial charge in [0.2, 0.25) is 5.91 Å². The minimum absolute atomic E-state index is 0.0144. The van der Waals surface area contributed by atoms with Crippen molar-refractivity contribution in [1.29, 1.82) is 0 Å². The van der Waals surface area contributed by atoms with Crippen LogP contribution in [0, 0.1) is 5.92 Å². The van der Waals surface area contributed by atoms with Gasteiger partial charge in [-0.2, -0.15) is 0 Å². The molecule has 1 saturated heterocycles. The van der Waals surface area contributed by atoms with Crippen LogP contribution in [-0.2, 0) is 4.79 Å². The molecule has 98 valence electrons. The lowest BCUT2D eigenvalue weighted by Crippen LogP contribution is -2.27. The van der Waals surface area contributed by atoms with Crippen LogP contribution in [0.2, 0.25) is 10.0 Å². The zero-order valence-electron chi connectivity index (χ0n) is 9.75. The summed E-state index contributed by atoms with van der Waals surface area (Å²) < 4.78 is 0. The molecule has 6 heteroatoms. The number of halogens is 2. The minimum atomic E-state index is -0.146. The first kappa shape index (κ1) is 13.6. The minimum Gasteiger partial charge on any atom is -0.330 e. The van der Waals surface area contributed by atoms with Gasteiger partial charge in [0.25, 0.3) is 0 Å². The molecule has 2 rings (SSSR count). The third-order valence-electron chi connectivity index (χ3n) is 3.11. The van der Waals surface area contributed by atoms with Gasteiger partial charge >= 0.3 is 0 Å². The van der Waals surface area contributed by atoms with Gasteiger partial charge in [-0.1, -0.05) is 29.3 Å². The SMILES string of the molecule is NCCCC1C(=O)NNC1c1ccc(Cl)cc1Cl. The molecule has 0 saturated carbocycles. The Morgan fingerprint density at radius 3 is 2.78 bits per heavy atom. The average molecular weight is 288 g/mol. The van der Waals surface area contributed by atoms with Gasteiger partial charge in [-0.3, -0.25) is 10.2 Å². The summed E-state index contributed by atoms with van der Waals surface area (Å²) >= 11 is 12.0. The normalized spacial score (nSPS) is 23.2. The van der Waals surface area contributed by atoms with Crippen molar-refractivity contribution in [3.8, 4) is 0 Å². The Hall–Kier alpha value is -0.810. The van der Waals surface area contributed by atoms with E-state index in [4.69, 9.17) is 28.9 Å². The van der Waals surface area contributed by atoms with Gasteiger partial charge in [0.15, 0.2) is 0 Å². The van der Waals surface area contributed by atoms with E-state index in [1.165, 1.54) is 0 Å².